The maximum atomic E-state index is 13.8. The van der Waals surface area contributed by atoms with Crippen LogP contribution in [0.2, 0.25) is 0 Å². The molecule has 3 rings (SSSR count). The molecule has 0 radical (unpaired) electrons. The van der Waals surface area contributed by atoms with E-state index in [0.29, 0.717) is 10.8 Å². The standard InChI is InChI=1S/C24H31NO2S/c1-16(2)12-22-15-23(20(6)21-10-8-7-9-11-21)25(22)28(26,27)24-18(4)13-17(3)14-19(24)5/h7-11,13-14,16,22-23H,6,12,15H2,1-5H3/t22-,23-/m0/s1. The van der Waals surface area contributed by atoms with Crippen LogP contribution in [0.1, 0.15) is 48.9 Å². The van der Waals surface area contributed by atoms with Crippen molar-refractivity contribution < 1.29 is 8.42 Å². The van der Waals surface area contributed by atoms with Gasteiger partial charge < -0.3 is 0 Å². The molecule has 150 valence electrons. The van der Waals surface area contributed by atoms with Gasteiger partial charge in [-0.3, -0.25) is 0 Å². The summed E-state index contributed by atoms with van der Waals surface area (Å²) in [4.78, 5) is 0.456. The zero-order chi connectivity index (χ0) is 20.6. The zero-order valence-corrected chi connectivity index (χ0v) is 18.4. The second kappa shape index (κ2) is 7.84. The number of hydrogen-bond donors (Lipinski definition) is 0. The molecule has 1 fully saturated rings. The Kier molecular flexibility index (Phi) is 5.83. The molecule has 28 heavy (non-hydrogen) atoms. The molecule has 3 nitrogen and oxygen atoms in total. The Hall–Kier alpha value is -1.91. The summed E-state index contributed by atoms with van der Waals surface area (Å²) in [5.74, 6) is 0.439. The normalized spacial score (nSPS) is 20.2. The van der Waals surface area contributed by atoms with E-state index in [1.807, 2.05) is 63.2 Å². The van der Waals surface area contributed by atoms with E-state index in [9.17, 15) is 8.42 Å². The molecular weight excluding hydrogens is 366 g/mol. The highest BCUT2D eigenvalue weighted by molar-refractivity contribution is 7.89. The van der Waals surface area contributed by atoms with Gasteiger partial charge in [-0.05, 0) is 61.8 Å². The van der Waals surface area contributed by atoms with Crippen LogP contribution in [-0.4, -0.2) is 24.8 Å². The van der Waals surface area contributed by atoms with Crippen LogP contribution in [0.15, 0.2) is 53.9 Å². The van der Waals surface area contributed by atoms with E-state index >= 15 is 0 Å². The van der Waals surface area contributed by atoms with Crippen molar-refractivity contribution in [1.82, 2.24) is 4.31 Å². The number of benzene rings is 2. The Bertz CT molecular complexity index is 954. The van der Waals surface area contributed by atoms with Crippen LogP contribution in [0.5, 0.6) is 0 Å². The van der Waals surface area contributed by atoms with Crippen LogP contribution >= 0.6 is 0 Å². The maximum absolute atomic E-state index is 13.8. The van der Waals surface area contributed by atoms with Crippen LogP contribution in [-0.2, 0) is 10.0 Å². The predicted octanol–water partition coefficient (Wildman–Crippen LogP) is 5.50. The minimum absolute atomic E-state index is 0.0237. The molecule has 1 aliphatic rings. The molecular formula is C24H31NO2S. The molecule has 2 atom stereocenters. The lowest BCUT2D eigenvalue weighted by Crippen LogP contribution is -2.59. The quantitative estimate of drug-likeness (QED) is 0.645. The Morgan fingerprint density at radius 1 is 1.11 bits per heavy atom. The highest BCUT2D eigenvalue weighted by Crippen LogP contribution is 2.43. The number of rotatable bonds is 6. The first-order valence-electron chi connectivity index (χ1n) is 9.98. The number of nitrogens with zero attached hydrogens (tertiary/aromatic N) is 1. The molecule has 1 aliphatic heterocycles. The summed E-state index contributed by atoms with van der Waals surface area (Å²) in [6.07, 6.45) is 1.69. The molecule has 0 amide bonds. The molecule has 4 heteroatoms. The molecule has 0 aliphatic carbocycles. The van der Waals surface area contributed by atoms with Gasteiger partial charge in [-0.25, -0.2) is 8.42 Å². The summed E-state index contributed by atoms with van der Waals surface area (Å²) >= 11 is 0. The monoisotopic (exact) mass is 397 g/mol. The molecule has 0 bridgehead atoms. The van der Waals surface area contributed by atoms with Crippen molar-refractivity contribution in [2.24, 2.45) is 5.92 Å². The Morgan fingerprint density at radius 3 is 2.21 bits per heavy atom. The number of sulfonamides is 1. The van der Waals surface area contributed by atoms with Crippen LogP contribution < -0.4 is 0 Å². The number of hydrogen-bond acceptors (Lipinski definition) is 2. The molecule has 0 spiro atoms. The molecule has 0 unspecified atom stereocenters. The lowest BCUT2D eigenvalue weighted by molar-refractivity contribution is 0.130. The second-order valence-electron chi connectivity index (χ2n) is 8.49. The van der Waals surface area contributed by atoms with Crippen LogP contribution in [0.3, 0.4) is 0 Å². The molecule has 0 aromatic heterocycles. The van der Waals surface area contributed by atoms with Gasteiger partial charge in [-0.2, -0.15) is 4.31 Å². The van der Waals surface area contributed by atoms with E-state index in [-0.39, 0.29) is 12.1 Å². The minimum atomic E-state index is -3.60. The number of aryl methyl sites for hydroxylation is 3. The summed E-state index contributed by atoms with van der Waals surface area (Å²) in [6.45, 7) is 14.4. The van der Waals surface area contributed by atoms with Crippen molar-refractivity contribution in [3.63, 3.8) is 0 Å². The van der Waals surface area contributed by atoms with E-state index < -0.39 is 10.0 Å². The smallest absolute Gasteiger partial charge is 0.207 e. The van der Waals surface area contributed by atoms with Crippen molar-refractivity contribution in [1.29, 1.82) is 0 Å². The fraction of sp³-hybridized carbons (Fsp3) is 0.417. The Balaban J connectivity index is 2.04. The first-order valence-corrected chi connectivity index (χ1v) is 11.4. The third-order valence-corrected chi connectivity index (χ3v) is 7.86. The molecule has 1 saturated heterocycles. The first kappa shape index (κ1) is 20.8. The van der Waals surface area contributed by atoms with Crippen molar-refractivity contribution >= 4 is 15.6 Å². The second-order valence-corrected chi connectivity index (χ2v) is 10.3. The van der Waals surface area contributed by atoms with Gasteiger partial charge in [-0.15, -0.1) is 0 Å². The Labute approximate surface area is 170 Å². The van der Waals surface area contributed by atoms with E-state index in [0.717, 1.165) is 40.7 Å². The van der Waals surface area contributed by atoms with Gasteiger partial charge in [0, 0.05) is 6.04 Å². The van der Waals surface area contributed by atoms with Crippen molar-refractivity contribution in [2.45, 2.75) is 64.4 Å². The fourth-order valence-corrected chi connectivity index (χ4v) is 6.76. The van der Waals surface area contributed by atoms with Crippen LogP contribution in [0.4, 0.5) is 0 Å². The highest BCUT2D eigenvalue weighted by Gasteiger charge is 2.48. The average Bonchev–Trinajstić information content (AvgIpc) is 2.56. The lowest BCUT2D eigenvalue weighted by atomic mass is 9.84. The minimum Gasteiger partial charge on any atom is -0.207 e. The predicted molar refractivity (Wildman–Crippen MR) is 117 cm³/mol. The van der Waals surface area contributed by atoms with Gasteiger partial charge in [0.1, 0.15) is 0 Å². The lowest BCUT2D eigenvalue weighted by Gasteiger charge is -2.49. The van der Waals surface area contributed by atoms with E-state index in [1.165, 1.54) is 0 Å². The van der Waals surface area contributed by atoms with Gasteiger partial charge in [0.05, 0.1) is 10.9 Å². The van der Waals surface area contributed by atoms with Gasteiger partial charge in [0.25, 0.3) is 0 Å². The summed E-state index contributed by atoms with van der Waals surface area (Å²) in [5, 5.41) is 0. The molecule has 2 aromatic rings. The summed E-state index contributed by atoms with van der Waals surface area (Å²) in [7, 11) is -3.60. The highest BCUT2D eigenvalue weighted by atomic mass is 32.2. The van der Waals surface area contributed by atoms with Gasteiger partial charge in [0.2, 0.25) is 10.0 Å². The van der Waals surface area contributed by atoms with E-state index in [2.05, 4.69) is 20.4 Å². The van der Waals surface area contributed by atoms with Crippen LogP contribution in [0, 0.1) is 26.7 Å². The molecule has 0 N–H and O–H groups in total. The van der Waals surface area contributed by atoms with E-state index in [4.69, 9.17) is 0 Å². The fourth-order valence-electron chi connectivity index (χ4n) is 4.51. The van der Waals surface area contributed by atoms with Gasteiger partial charge in [0.15, 0.2) is 0 Å². The van der Waals surface area contributed by atoms with E-state index in [1.54, 1.807) is 4.31 Å². The largest absolute Gasteiger partial charge is 0.244 e. The van der Waals surface area contributed by atoms with Gasteiger partial charge in [-0.1, -0.05) is 68.5 Å². The maximum Gasteiger partial charge on any atom is 0.244 e. The summed E-state index contributed by atoms with van der Waals surface area (Å²) in [5.41, 5.74) is 4.61. The third-order valence-electron chi connectivity index (χ3n) is 5.59. The molecule has 0 saturated carbocycles. The van der Waals surface area contributed by atoms with Crippen molar-refractivity contribution in [3.05, 3.63) is 71.3 Å². The topological polar surface area (TPSA) is 37.4 Å². The zero-order valence-electron chi connectivity index (χ0n) is 17.6. The Morgan fingerprint density at radius 2 is 1.68 bits per heavy atom. The van der Waals surface area contributed by atoms with Crippen molar-refractivity contribution in [2.75, 3.05) is 0 Å². The summed E-state index contributed by atoms with van der Waals surface area (Å²) < 4.78 is 29.3. The van der Waals surface area contributed by atoms with Gasteiger partial charge >= 0.3 is 0 Å². The first-order chi connectivity index (χ1) is 13.1. The third kappa shape index (κ3) is 3.81. The molecule has 2 aromatic carbocycles. The van der Waals surface area contributed by atoms with Crippen molar-refractivity contribution in [3.8, 4) is 0 Å². The summed E-state index contributed by atoms with van der Waals surface area (Å²) in [6, 6.07) is 13.7. The van der Waals surface area contributed by atoms with Crippen LogP contribution in [0.25, 0.3) is 5.57 Å². The molecule has 1 heterocycles. The average molecular weight is 398 g/mol. The SMILES string of the molecule is C=C(c1ccccc1)[C@@H]1C[C@H](CC(C)C)N1S(=O)(=O)c1c(C)cc(C)cc1C.